The fourth-order valence-electron chi connectivity index (χ4n) is 5.13. The Hall–Kier alpha value is -3.64. The summed E-state index contributed by atoms with van der Waals surface area (Å²) in [6, 6.07) is 12.5. The van der Waals surface area contributed by atoms with Gasteiger partial charge in [0.1, 0.15) is 16.8 Å². The standard InChI is InChI=1S/C29H28ClN5O5S/c1-39-16-22-11-18-3-2-8-35(28(18)34-27(22)30)26-7-6-20-14-31-23(13-24(20)33-26)15-32-29(36)19-4-5-21-17-40-9-10-41(37,38)25(21)12-19/h4-7,11-14H,2-3,8-10,15-17H2,1H3,(H,32,36). The number of benzene rings is 1. The number of pyridine rings is 3. The molecule has 212 valence electrons. The van der Waals surface area contributed by atoms with Crippen molar-refractivity contribution >= 4 is 49.9 Å². The molecule has 1 amide bonds. The number of nitrogens with zero attached hydrogens (tertiary/aromatic N) is 4. The Bertz CT molecular complexity index is 1760. The second kappa shape index (κ2) is 11.3. The SMILES string of the molecule is COCc1cc2c(nc1Cl)N(c1ccc3cnc(CNC(=O)c4ccc5c(c4)S(=O)(=O)CCOC5)cc3n1)CCC2. The molecule has 4 aromatic rings. The average molecular weight is 594 g/mol. The van der Waals surface area contributed by atoms with E-state index in [9.17, 15) is 13.2 Å². The molecule has 5 heterocycles. The van der Waals surface area contributed by atoms with Crippen LogP contribution < -0.4 is 10.2 Å². The number of amides is 1. The topological polar surface area (TPSA) is 124 Å². The molecule has 3 aromatic heterocycles. The first-order valence-electron chi connectivity index (χ1n) is 13.2. The monoisotopic (exact) mass is 593 g/mol. The molecule has 6 rings (SSSR count). The maximum atomic E-state index is 12.9. The van der Waals surface area contributed by atoms with Crippen molar-refractivity contribution in [2.24, 2.45) is 0 Å². The molecule has 2 aliphatic rings. The van der Waals surface area contributed by atoms with Gasteiger partial charge in [0.15, 0.2) is 9.84 Å². The fraction of sp³-hybridized carbons (Fsp3) is 0.310. The summed E-state index contributed by atoms with van der Waals surface area (Å²) in [5, 5.41) is 4.12. The number of fused-ring (bicyclic) bond motifs is 3. The van der Waals surface area contributed by atoms with Gasteiger partial charge in [-0.15, -0.1) is 0 Å². The minimum atomic E-state index is -3.51. The Morgan fingerprint density at radius 1 is 1.15 bits per heavy atom. The maximum absolute atomic E-state index is 12.9. The van der Waals surface area contributed by atoms with E-state index >= 15 is 0 Å². The van der Waals surface area contributed by atoms with E-state index < -0.39 is 15.7 Å². The molecule has 0 spiro atoms. The first-order chi connectivity index (χ1) is 19.8. The minimum Gasteiger partial charge on any atom is -0.380 e. The van der Waals surface area contributed by atoms with Gasteiger partial charge in [-0.1, -0.05) is 17.7 Å². The third-order valence-electron chi connectivity index (χ3n) is 7.23. The zero-order valence-electron chi connectivity index (χ0n) is 22.4. The molecule has 0 fully saturated rings. The highest BCUT2D eigenvalue weighted by atomic mass is 35.5. The van der Waals surface area contributed by atoms with E-state index in [0.29, 0.717) is 23.0 Å². The Labute approximate surface area is 242 Å². The summed E-state index contributed by atoms with van der Waals surface area (Å²) in [6.45, 7) is 1.65. The van der Waals surface area contributed by atoms with Gasteiger partial charge in [0.05, 0.1) is 48.2 Å². The smallest absolute Gasteiger partial charge is 0.251 e. The fourth-order valence-corrected chi connectivity index (χ4v) is 6.71. The van der Waals surface area contributed by atoms with Crippen LogP contribution in [0.15, 0.2) is 53.6 Å². The second-order valence-electron chi connectivity index (χ2n) is 10.0. The summed E-state index contributed by atoms with van der Waals surface area (Å²) < 4.78 is 35.8. The number of nitrogens with one attached hydrogen (secondary N) is 1. The minimum absolute atomic E-state index is 0.109. The van der Waals surface area contributed by atoms with E-state index in [-0.39, 0.29) is 36.0 Å². The summed E-state index contributed by atoms with van der Waals surface area (Å²) in [4.78, 5) is 29.2. The second-order valence-corrected chi connectivity index (χ2v) is 12.5. The molecule has 0 aliphatic carbocycles. The average Bonchev–Trinajstić information content (AvgIpc) is 3.13. The first kappa shape index (κ1) is 27.5. The number of sulfone groups is 1. The van der Waals surface area contributed by atoms with E-state index in [2.05, 4.69) is 26.3 Å². The molecule has 1 N–H and O–H groups in total. The van der Waals surface area contributed by atoms with E-state index in [0.717, 1.165) is 53.1 Å². The van der Waals surface area contributed by atoms with Gasteiger partial charge in [0.2, 0.25) is 0 Å². The third kappa shape index (κ3) is 5.62. The van der Waals surface area contributed by atoms with Crippen LogP contribution >= 0.6 is 11.6 Å². The Morgan fingerprint density at radius 2 is 2.02 bits per heavy atom. The van der Waals surface area contributed by atoms with Crippen LogP contribution in [0, 0.1) is 0 Å². The summed E-state index contributed by atoms with van der Waals surface area (Å²) in [6.07, 6.45) is 3.57. The lowest BCUT2D eigenvalue weighted by Crippen LogP contribution is -2.27. The van der Waals surface area contributed by atoms with Gasteiger partial charge >= 0.3 is 0 Å². The van der Waals surface area contributed by atoms with Crippen molar-refractivity contribution in [1.29, 1.82) is 0 Å². The molecule has 0 radical (unpaired) electrons. The number of aryl methyl sites for hydroxylation is 1. The number of carbonyl (C=O) groups is 1. The van der Waals surface area contributed by atoms with Crippen LogP contribution in [0.25, 0.3) is 10.9 Å². The summed E-state index contributed by atoms with van der Waals surface area (Å²) in [7, 11) is -1.88. The van der Waals surface area contributed by atoms with Crippen LogP contribution in [0.1, 0.15) is 39.2 Å². The Morgan fingerprint density at radius 3 is 2.88 bits per heavy atom. The van der Waals surface area contributed by atoms with Crippen LogP contribution in [0.2, 0.25) is 5.15 Å². The van der Waals surface area contributed by atoms with Crippen molar-refractivity contribution in [3.63, 3.8) is 0 Å². The van der Waals surface area contributed by atoms with Crippen LogP contribution in [-0.2, 0) is 45.5 Å². The predicted octanol–water partition coefficient (Wildman–Crippen LogP) is 4.14. The van der Waals surface area contributed by atoms with Crippen LogP contribution in [0.4, 0.5) is 11.6 Å². The first-order valence-corrected chi connectivity index (χ1v) is 15.3. The zero-order chi connectivity index (χ0) is 28.6. The summed E-state index contributed by atoms with van der Waals surface area (Å²) in [5.74, 6) is 1.04. The van der Waals surface area contributed by atoms with Crippen LogP contribution in [-0.4, -0.2) is 55.3 Å². The molecule has 1 aromatic carbocycles. The molecule has 12 heteroatoms. The van der Waals surface area contributed by atoms with Crippen molar-refractivity contribution < 1.29 is 22.7 Å². The van der Waals surface area contributed by atoms with Crippen molar-refractivity contribution in [2.75, 3.05) is 30.9 Å². The van der Waals surface area contributed by atoms with Gasteiger partial charge in [-0.3, -0.25) is 9.78 Å². The van der Waals surface area contributed by atoms with Gasteiger partial charge in [-0.25, -0.2) is 18.4 Å². The normalized spacial score (nSPS) is 16.1. The van der Waals surface area contributed by atoms with E-state index in [4.69, 9.17) is 26.1 Å². The lowest BCUT2D eigenvalue weighted by Gasteiger charge is -2.30. The van der Waals surface area contributed by atoms with Gasteiger partial charge < -0.3 is 19.7 Å². The number of anilines is 2. The number of rotatable bonds is 6. The predicted molar refractivity (Wildman–Crippen MR) is 154 cm³/mol. The van der Waals surface area contributed by atoms with Gasteiger partial charge in [-0.05, 0) is 60.4 Å². The Kier molecular flexibility index (Phi) is 7.60. The molecule has 2 aliphatic heterocycles. The van der Waals surface area contributed by atoms with Crippen LogP contribution in [0.3, 0.4) is 0 Å². The van der Waals surface area contributed by atoms with E-state index in [1.165, 1.54) is 6.07 Å². The summed E-state index contributed by atoms with van der Waals surface area (Å²) >= 11 is 6.45. The van der Waals surface area contributed by atoms with Gasteiger partial charge in [0.25, 0.3) is 5.91 Å². The molecule has 41 heavy (non-hydrogen) atoms. The number of aromatic nitrogens is 3. The number of hydrogen-bond donors (Lipinski definition) is 1. The maximum Gasteiger partial charge on any atom is 0.251 e. The largest absolute Gasteiger partial charge is 0.380 e. The zero-order valence-corrected chi connectivity index (χ0v) is 24.0. The van der Waals surface area contributed by atoms with E-state index in [1.54, 1.807) is 25.4 Å². The molecular weight excluding hydrogens is 566 g/mol. The van der Waals surface area contributed by atoms with Crippen molar-refractivity contribution in [3.8, 4) is 0 Å². The van der Waals surface area contributed by atoms with Crippen molar-refractivity contribution in [2.45, 2.75) is 37.5 Å². The molecule has 0 atom stereocenters. The number of halogens is 1. The van der Waals surface area contributed by atoms with E-state index in [1.807, 2.05) is 18.2 Å². The van der Waals surface area contributed by atoms with Crippen molar-refractivity contribution in [1.82, 2.24) is 20.3 Å². The molecule has 0 saturated carbocycles. The summed E-state index contributed by atoms with van der Waals surface area (Å²) in [5.41, 5.74) is 4.13. The number of methoxy groups -OCH3 is 1. The van der Waals surface area contributed by atoms with Crippen LogP contribution in [0.5, 0.6) is 0 Å². The lowest BCUT2D eigenvalue weighted by molar-refractivity contribution is 0.0950. The Balaban J connectivity index is 1.22. The highest BCUT2D eigenvalue weighted by Crippen LogP contribution is 2.34. The molecule has 10 nitrogen and oxygen atoms in total. The number of carbonyl (C=O) groups excluding carboxylic acids is 1. The molecule has 0 unspecified atom stereocenters. The molecule has 0 bridgehead atoms. The van der Waals surface area contributed by atoms with Gasteiger partial charge in [0, 0.05) is 36.4 Å². The van der Waals surface area contributed by atoms with Gasteiger partial charge in [-0.2, -0.15) is 0 Å². The molecular formula is C29H28ClN5O5S. The quantitative estimate of drug-likeness (QED) is 0.328. The third-order valence-corrected chi connectivity index (χ3v) is 9.31. The number of hydrogen-bond acceptors (Lipinski definition) is 9. The van der Waals surface area contributed by atoms with Crippen molar-refractivity contribution in [3.05, 3.63) is 81.8 Å². The number of ether oxygens (including phenoxy) is 2. The molecule has 0 saturated heterocycles. The highest BCUT2D eigenvalue weighted by molar-refractivity contribution is 7.91. The highest BCUT2D eigenvalue weighted by Gasteiger charge is 2.25. The lowest BCUT2D eigenvalue weighted by atomic mass is 10.0.